The molecule has 4 nitrogen and oxygen atoms in total. The molecule has 0 aromatic carbocycles. The predicted molar refractivity (Wildman–Crippen MR) is 68.4 cm³/mol. The number of nitrogens with two attached hydrogens (primary N) is 2. The number of carbonyl (C=O) groups is 1. The van der Waals surface area contributed by atoms with Gasteiger partial charge in [0, 0.05) is 6.54 Å². The van der Waals surface area contributed by atoms with Crippen molar-refractivity contribution in [1.82, 2.24) is 4.90 Å². The monoisotopic (exact) mass is 239 g/mol. The average molecular weight is 239 g/mol. The summed E-state index contributed by atoms with van der Waals surface area (Å²) in [5, 5.41) is 0. The first-order chi connectivity index (χ1) is 7.94. The van der Waals surface area contributed by atoms with Crippen LogP contribution in [0.4, 0.5) is 0 Å². The fourth-order valence-electron chi connectivity index (χ4n) is 3.35. The zero-order valence-electron chi connectivity index (χ0n) is 10.9. The van der Waals surface area contributed by atoms with Crippen LogP contribution < -0.4 is 11.5 Å². The van der Waals surface area contributed by atoms with Gasteiger partial charge in [-0.3, -0.25) is 4.79 Å². The quantitative estimate of drug-likeness (QED) is 0.766. The van der Waals surface area contributed by atoms with Crippen LogP contribution in [0, 0.1) is 5.41 Å². The third kappa shape index (κ3) is 2.80. The van der Waals surface area contributed by atoms with Crippen LogP contribution in [0.5, 0.6) is 0 Å². The van der Waals surface area contributed by atoms with Crippen molar-refractivity contribution < 1.29 is 4.79 Å². The Morgan fingerprint density at radius 3 is 2.24 bits per heavy atom. The number of carbonyl (C=O) groups excluding carboxylic acids is 1. The molecule has 2 aliphatic rings. The summed E-state index contributed by atoms with van der Waals surface area (Å²) in [6.45, 7) is 4.47. The van der Waals surface area contributed by atoms with Crippen LogP contribution in [0.1, 0.15) is 45.4 Å². The molecule has 1 unspecified atom stereocenters. The maximum Gasteiger partial charge on any atom is 0.238 e. The fourth-order valence-corrected chi connectivity index (χ4v) is 3.35. The van der Waals surface area contributed by atoms with Gasteiger partial charge in [-0.05, 0) is 51.1 Å². The van der Waals surface area contributed by atoms with Gasteiger partial charge in [0.15, 0.2) is 0 Å². The van der Waals surface area contributed by atoms with Crippen molar-refractivity contribution in [3.05, 3.63) is 0 Å². The van der Waals surface area contributed by atoms with E-state index in [4.69, 9.17) is 11.5 Å². The zero-order chi connectivity index (χ0) is 12.5. The molecule has 4 N–H and O–H groups in total. The third-order valence-corrected chi connectivity index (χ3v) is 4.70. The molecule has 1 atom stereocenters. The summed E-state index contributed by atoms with van der Waals surface area (Å²) >= 11 is 0. The van der Waals surface area contributed by atoms with Gasteiger partial charge in [0.25, 0.3) is 0 Å². The lowest BCUT2D eigenvalue weighted by Gasteiger charge is -2.41. The molecule has 1 saturated carbocycles. The minimum absolute atomic E-state index is 0.404. The first-order valence-corrected chi connectivity index (χ1v) is 6.75. The van der Waals surface area contributed by atoms with Gasteiger partial charge in [0.2, 0.25) is 5.91 Å². The molecule has 0 bridgehead atoms. The largest absolute Gasteiger partial charge is 0.368 e. The molecule has 0 aromatic heterocycles. The van der Waals surface area contributed by atoms with Gasteiger partial charge in [-0.1, -0.05) is 12.8 Å². The minimum Gasteiger partial charge on any atom is -0.368 e. The van der Waals surface area contributed by atoms with Gasteiger partial charge in [0.1, 0.15) is 5.54 Å². The van der Waals surface area contributed by atoms with E-state index in [-0.39, 0.29) is 0 Å². The van der Waals surface area contributed by atoms with Crippen molar-refractivity contribution in [3.63, 3.8) is 0 Å². The summed E-state index contributed by atoms with van der Waals surface area (Å²) in [4.78, 5) is 13.5. The molecule has 98 valence electrons. The Morgan fingerprint density at radius 1 is 1.24 bits per heavy atom. The summed E-state index contributed by atoms with van der Waals surface area (Å²) in [5.74, 6) is -0.404. The van der Waals surface area contributed by atoms with Crippen molar-refractivity contribution in [3.8, 4) is 0 Å². The average Bonchev–Trinajstić information content (AvgIpc) is 2.70. The summed E-state index contributed by atoms with van der Waals surface area (Å²) in [5.41, 5.74) is 11.0. The Hall–Kier alpha value is -0.610. The minimum atomic E-state index is -0.889. The number of primary amides is 1. The Labute approximate surface area is 104 Å². The molecule has 1 amide bonds. The maximum atomic E-state index is 11.2. The molecule has 2 rings (SSSR count). The van der Waals surface area contributed by atoms with Crippen LogP contribution in [-0.4, -0.2) is 36.0 Å². The lowest BCUT2D eigenvalue weighted by atomic mass is 9.77. The number of piperidine rings is 1. The number of hydrogen-bond donors (Lipinski definition) is 2. The van der Waals surface area contributed by atoms with Crippen molar-refractivity contribution in [2.75, 3.05) is 19.6 Å². The Bertz CT molecular complexity index is 285. The van der Waals surface area contributed by atoms with Crippen LogP contribution in [0.3, 0.4) is 0 Å². The summed E-state index contributed by atoms with van der Waals surface area (Å²) < 4.78 is 0. The molecule has 1 spiro atoms. The summed E-state index contributed by atoms with van der Waals surface area (Å²) in [6.07, 6.45) is 8.13. The molecule has 0 aromatic rings. The van der Waals surface area contributed by atoms with Crippen molar-refractivity contribution in [1.29, 1.82) is 0 Å². The van der Waals surface area contributed by atoms with Crippen LogP contribution in [0.25, 0.3) is 0 Å². The van der Waals surface area contributed by atoms with Crippen molar-refractivity contribution in [2.24, 2.45) is 16.9 Å². The number of amides is 1. The second kappa shape index (κ2) is 4.58. The SMILES string of the molecule is CC(N)(CN1CCC2(CCCC2)CC1)C(N)=O. The van der Waals surface area contributed by atoms with Crippen LogP contribution in [0.15, 0.2) is 0 Å². The van der Waals surface area contributed by atoms with Gasteiger partial charge < -0.3 is 16.4 Å². The highest BCUT2D eigenvalue weighted by atomic mass is 16.1. The van der Waals surface area contributed by atoms with Gasteiger partial charge in [-0.2, -0.15) is 0 Å². The highest BCUT2D eigenvalue weighted by molar-refractivity contribution is 5.84. The smallest absolute Gasteiger partial charge is 0.238 e. The van der Waals surface area contributed by atoms with Gasteiger partial charge in [-0.15, -0.1) is 0 Å². The molecule has 2 fully saturated rings. The van der Waals surface area contributed by atoms with E-state index in [1.807, 2.05) is 0 Å². The molecule has 1 saturated heterocycles. The molecule has 17 heavy (non-hydrogen) atoms. The van der Waals surface area contributed by atoms with E-state index >= 15 is 0 Å². The highest BCUT2D eigenvalue weighted by Crippen LogP contribution is 2.46. The lowest BCUT2D eigenvalue weighted by Crippen LogP contribution is -2.58. The number of nitrogens with zero attached hydrogens (tertiary/aromatic N) is 1. The van der Waals surface area contributed by atoms with Crippen LogP contribution >= 0.6 is 0 Å². The highest BCUT2D eigenvalue weighted by Gasteiger charge is 2.38. The number of likely N-dealkylation sites (tertiary alicyclic amines) is 1. The maximum absolute atomic E-state index is 11.2. The van der Waals surface area contributed by atoms with E-state index in [1.165, 1.54) is 38.5 Å². The van der Waals surface area contributed by atoms with Crippen LogP contribution in [0.2, 0.25) is 0 Å². The zero-order valence-corrected chi connectivity index (χ0v) is 10.9. The molecule has 1 heterocycles. The number of hydrogen-bond acceptors (Lipinski definition) is 3. The Kier molecular flexibility index (Phi) is 3.46. The Balaban J connectivity index is 1.85. The Morgan fingerprint density at radius 2 is 1.76 bits per heavy atom. The number of rotatable bonds is 3. The van der Waals surface area contributed by atoms with E-state index in [0.717, 1.165) is 13.1 Å². The first-order valence-electron chi connectivity index (χ1n) is 6.75. The van der Waals surface area contributed by atoms with Crippen molar-refractivity contribution in [2.45, 2.75) is 51.0 Å². The third-order valence-electron chi connectivity index (χ3n) is 4.70. The molecular weight excluding hydrogens is 214 g/mol. The van der Waals surface area contributed by atoms with E-state index in [9.17, 15) is 4.79 Å². The second-order valence-corrected chi connectivity index (χ2v) is 6.26. The van der Waals surface area contributed by atoms with Crippen molar-refractivity contribution >= 4 is 5.91 Å². The fraction of sp³-hybridized carbons (Fsp3) is 0.923. The van der Waals surface area contributed by atoms with E-state index in [0.29, 0.717) is 12.0 Å². The predicted octanol–water partition coefficient (Wildman–Crippen LogP) is 0.845. The van der Waals surface area contributed by atoms with Gasteiger partial charge >= 0.3 is 0 Å². The first kappa shape index (κ1) is 12.8. The van der Waals surface area contributed by atoms with E-state index in [2.05, 4.69) is 4.90 Å². The topological polar surface area (TPSA) is 72.3 Å². The van der Waals surface area contributed by atoms with Gasteiger partial charge in [0.05, 0.1) is 0 Å². The molecule has 1 aliphatic heterocycles. The molecular formula is C13H25N3O. The molecule has 1 aliphatic carbocycles. The second-order valence-electron chi connectivity index (χ2n) is 6.26. The molecule has 4 heteroatoms. The summed E-state index contributed by atoms with van der Waals surface area (Å²) in [7, 11) is 0. The van der Waals surface area contributed by atoms with Gasteiger partial charge in [-0.25, -0.2) is 0 Å². The summed E-state index contributed by atoms with van der Waals surface area (Å²) in [6, 6.07) is 0. The van der Waals surface area contributed by atoms with E-state index in [1.54, 1.807) is 6.92 Å². The van der Waals surface area contributed by atoms with Crippen LogP contribution in [-0.2, 0) is 4.79 Å². The molecule has 0 radical (unpaired) electrons. The van der Waals surface area contributed by atoms with E-state index < -0.39 is 11.4 Å². The lowest BCUT2D eigenvalue weighted by molar-refractivity contribution is -0.123. The normalized spacial score (nSPS) is 28.1. The standard InChI is InChI=1S/C13H25N3O/c1-12(15,11(14)17)10-16-8-6-13(7-9-16)4-2-3-5-13/h2-10,15H2,1H3,(H2,14,17).